The maximum Gasteiger partial charge on any atom is 0.176 e. The summed E-state index contributed by atoms with van der Waals surface area (Å²) in [6.45, 7) is 1.55. The molecule has 0 bridgehead atoms. The van der Waals surface area contributed by atoms with Crippen LogP contribution >= 0.6 is 0 Å². The summed E-state index contributed by atoms with van der Waals surface area (Å²) >= 11 is 0. The van der Waals surface area contributed by atoms with E-state index in [9.17, 15) is 9.59 Å². The van der Waals surface area contributed by atoms with Gasteiger partial charge in [0.1, 0.15) is 5.78 Å². The van der Waals surface area contributed by atoms with Crippen LogP contribution in [0.5, 0.6) is 0 Å². The van der Waals surface area contributed by atoms with E-state index in [0.717, 1.165) is 17.5 Å². The molecule has 0 saturated heterocycles. The van der Waals surface area contributed by atoms with E-state index in [-0.39, 0.29) is 11.6 Å². The van der Waals surface area contributed by atoms with Gasteiger partial charge in [-0.2, -0.15) is 0 Å². The van der Waals surface area contributed by atoms with Crippen molar-refractivity contribution in [1.29, 1.82) is 0 Å². The molecule has 0 spiro atoms. The standard InChI is InChI=1S/C25H22O2/c1-18(26)25(16-14-21-9-4-5-11-23(21)24(25)27)15-6-7-19-12-13-20-8-2-3-10-22(20)17-19/h2-13,17H,14-16H2,1H3/b7-6+/t25-/m1/s1. The lowest BCUT2D eigenvalue weighted by atomic mass is 9.66. The Hall–Kier alpha value is -3.00. The van der Waals surface area contributed by atoms with E-state index in [1.54, 1.807) is 6.92 Å². The third-order valence-corrected chi connectivity index (χ3v) is 5.74. The highest BCUT2D eigenvalue weighted by atomic mass is 16.2. The summed E-state index contributed by atoms with van der Waals surface area (Å²) in [6.07, 6.45) is 5.80. The van der Waals surface area contributed by atoms with Gasteiger partial charge in [-0.3, -0.25) is 9.59 Å². The number of Topliss-reactive ketones (excluding diaryl/α,β-unsaturated/α-hetero) is 2. The fraction of sp³-hybridized carbons (Fsp3) is 0.200. The number of fused-ring (bicyclic) bond motifs is 2. The molecule has 0 N–H and O–H groups in total. The molecule has 0 radical (unpaired) electrons. The Labute approximate surface area is 159 Å². The summed E-state index contributed by atoms with van der Waals surface area (Å²) in [5.41, 5.74) is 1.91. The molecular weight excluding hydrogens is 332 g/mol. The van der Waals surface area contributed by atoms with E-state index >= 15 is 0 Å². The molecule has 27 heavy (non-hydrogen) atoms. The third-order valence-electron chi connectivity index (χ3n) is 5.74. The Balaban J connectivity index is 1.61. The zero-order valence-electron chi connectivity index (χ0n) is 15.4. The second kappa shape index (κ2) is 6.96. The predicted octanol–water partition coefficient (Wildman–Crippen LogP) is 5.65. The van der Waals surface area contributed by atoms with Gasteiger partial charge >= 0.3 is 0 Å². The monoisotopic (exact) mass is 354 g/mol. The first-order valence-electron chi connectivity index (χ1n) is 9.39. The summed E-state index contributed by atoms with van der Waals surface area (Å²) in [4.78, 5) is 25.6. The van der Waals surface area contributed by atoms with Crippen molar-refractivity contribution >= 4 is 28.4 Å². The van der Waals surface area contributed by atoms with Crippen molar-refractivity contribution in [3.8, 4) is 0 Å². The second-order valence-electron chi connectivity index (χ2n) is 7.34. The number of allylic oxidation sites excluding steroid dienone is 1. The Morgan fingerprint density at radius 3 is 2.56 bits per heavy atom. The molecule has 4 rings (SSSR count). The van der Waals surface area contributed by atoms with Crippen LogP contribution in [0, 0.1) is 5.41 Å². The first kappa shape index (κ1) is 17.4. The molecule has 1 aliphatic rings. The summed E-state index contributed by atoms with van der Waals surface area (Å²) in [6, 6.07) is 22.2. The molecule has 134 valence electrons. The molecule has 1 atom stereocenters. The number of carbonyl (C=O) groups excluding carboxylic acids is 2. The molecule has 0 heterocycles. The molecule has 2 nitrogen and oxygen atoms in total. The fourth-order valence-electron chi connectivity index (χ4n) is 4.06. The summed E-state index contributed by atoms with van der Waals surface area (Å²) < 4.78 is 0. The van der Waals surface area contributed by atoms with Crippen LogP contribution < -0.4 is 0 Å². The van der Waals surface area contributed by atoms with Crippen LogP contribution in [0.2, 0.25) is 0 Å². The van der Waals surface area contributed by atoms with Gasteiger partial charge in [-0.1, -0.05) is 72.8 Å². The molecule has 3 aromatic carbocycles. The minimum atomic E-state index is -0.929. The zero-order valence-corrected chi connectivity index (χ0v) is 15.4. The molecule has 0 saturated carbocycles. The molecule has 0 aromatic heterocycles. The maximum atomic E-state index is 13.1. The maximum absolute atomic E-state index is 13.1. The molecule has 0 amide bonds. The molecule has 0 aliphatic heterocycles. The van der Waals surface area contributed by atoms with Crippen LogP contribution in [-0.4, -0.2) is 11.6 Å². The van der Waals surface area contributed by atoms with Gasteiger partial charge in [0.25, 0.3) is 0 Å². The second-order valence-corrected chi connectivity index (χ2v) is 7.34. The normalized spacial score (nSPS) is 19.4. The number of benzene rings is 3. The zero-order chi connectivity index (χ0) is 18.9. The summed E-state index contributed by atoms with van der Waals surface area (Å²) in [7, 11) is 0. The minimum Gasteiger partial charge on any atom is -0.299 e. The number of ketones is 2. The lowest BCUT2D eigenvalue weighted by Crippen LogP contribution is -2.41. The summed E-state index contributed by atoms with van der Waals surface area (Å²) in [5.74, 6) is -0.0647. The number of aryl methyl sites for hydroxylation is 1. The smallest absolute Gasteiger partial charge is 0.176 e. The highest BCUT2D eigenvalue weighted by Crippen LogP contribution is 2.39. The van der Waals surface area contributed by atoms with Crippen LogP contribution in [0.3, 0.4) is 0 Å². The van der Waals surface area contributed by atoms with Gasteiger partial charge in [-0.05, 0) is 54.2 Å². The highest BCUT2D eigenvalue weighted by Gasteiger charge is 2.45. The Morgan fingerprint density at radius 2 is 1.74 bits per heavy atom. The lowest BCUT2D eigenvalue weighted by molar-refractivity contribution is -0.124. The van der Waals surface area contributed by atoms with Crippen molar-refractivity contribution in [3.05, 3.63) is 89.5 Å². The van der Waals surface area contributed by atoms with Crippen LogP contribution in [0.1, 0.15) is 41.3 Å². The largest absolute Gasteiger partial charge is 0.299 e. The van der Waals surface area contributed by atoms with Crippen molar-refractivity contribution in [2.75, 3.05) is 0 Å². The quantitative estimate of drug-likeness (QED) is 0.568. The van der Waals surface area contributed by atoms with E-state index in [1.165, 1.54) is 10.8 Å². The van der Waals surface area contributed by atoms with Gasteiger partial charge in [-0.25, -0.2) is 0 Å². The van der Waals surface area contributed by atoms with Crippen molar-refractivity contribution in [3.63, 3.8) is 0 Å². The molecule has 0 fully saturated rings. The van der Waals surface area contributed by atoms with Crippen molar-refractivity contribution in [2.24, 2.45) is 5.41 Å². The molecule has 3 aromatic rings. The first-order chi connectivity index (χ1) is 13.1. The number of rotatable bonds is 4. The van der Waals surface area contributed by atoms with Gasteiger partial charge in [0.2, 0.25) is 0 Å². The topological polar surface area (TPSA) is 34.1 Å². The SMILES string of the molecule is CC(=O)[C@@]1(C/C=C/c2ccc3ccccc3c2)CCc2ccccc2C1=O. The van der Waals surface area contributed by atoms with Gasteiger partial charge < -0.3 is 0 Å². The predicted molar refractivity (Wildman–Crippen MR) is 110 cm³/mol. The molecule has 2 heteroatoms. The Bertz CT molecular complexity index is 1060. The van der Waals surface area contributed by atoms with E-state index in [4.69, 9.17) is 0 Å². The third kappa shape index (κ3) is 3.12. The van der Waals surface area contributed by atoms with Crippen molar-refractivity contribution < 1.29 is 9.59 Å². The van der Waals surface area contributed by atoms with Gasteiger partial charge in [0, 0.05) is 5.56 Å². The number of hydrogen-bond acceptors (Lipinski definition) is 2. The van der Waals surface area contributed by atoms with Crippen molar-refractivity contribution in [2.45, 2.75) is 26.2 Å². The first-order valence-corrected chi connectivity index (χ1v) is 9.39. The Kier molecular flexibility index (Phi) is 4.49. The summed E-state index contributed by atoms with van der Waals surface area (Å²) in [5, 5.41) is 2.39. The van der Waals surface area contributed by atoms with E-state index in [2.05, 4.69) is 30.3 Å². The van der Waals surface area contributed by atoms with Crippen molar-refractivity contribution in [1.82, 2.24) is 0 Å². The average Bonchev–Trinajstić information content (AvgIpc) is 2.70. The highest BCUT2D eigenvalue weighted by molar-refractivity contribution is 6.15. The molecule has 1 aliphatic carbocycles. The average molecular weight is 354 g/mol. The molecule has 0 unspecified atom stereocenters. The Morgan fingerprint density at radius 1 is 1.00 bits per heavy atom. The van der Waals surface area contributed by atoms with E-state index < -0.39 is 5.41 Å². The van der Waals surface area contributed by atoms with Crippen LogP contribution in [0.25, 0.3) is 16.8 Å². The number of hydrogen-bond donors (Lipinski definition) is 0. The van der Waals surface area contributed by atoms with Crippen LogP contribution in [0.4, 0.5) is 0 Å². The van der Waals surface area contributed by atoms with Gasteiger partial charge in [0.15, 0.2) is 5.78 Å². The van der Waals surface area contributed by atoms with Crippen LogP contribution in [-0.2, 0) is 11.2 Å². The van der Waals surface area contributed by atoms with E-state index in [1.807, 2.05) is 48.6 Å². The minimum absolute atomic E-state index is 0.0278. The fourth-order valence-corrected chi connectivity index (χ4v) is 4.06. The lowest BCUT2D eigenvalue weighted by Gasteiger charge is -2.33. The van der Waals surface area contributed by atoms with Gasteiger partial charge in [-0.15, -0.1) is 0 Å². The number of carbonyl (C=O) groups is 2. The van der Waals surface area contributed by atoms with Crippen LogP contribution in [0.15, 0.2) is 72.8 Å². The molecular formula is C25H22O2. The van der Waals surface area contributed by atoms with E-state index in [0.29, 0.717) is 18.4 Å². The van der Waals surface area contributed by atoms with Gasteiger partial charge in [0.05, 0.1) is 5.41 Å².